The predicted molar refractivity (Wildman–Crippen MR) is 158 cm³/mol. The fourth-order valence-electron chi connectivity index (χ4n) is 5.50. The summed E-state index contributed by atoms with van der Waals surface area (Å²) >= 11 is 0. The first kappa shape index (κ1) is 27.2. The lowest BCUT2D eigenvalue weighted by Gasteiger charge is -2.36. The van der Waals surface area contributed by atoms with E-state index in [2.05, 4.69) is 10.3 Å². The van der Waals surface area contributed by atoms with Crippen LogP contribution in [0.1, 0.15) is 27.5 Å². The Morgan fingerprint density at radius 2 is 1.95 bits per heavy atom. The van der Waals surface area contributed by atoms with E-state index in [0.717, 1.165) is 11.1 Å². The van der Waals surface area contributed by atoms with Crippen molar-refractivity contribution in [3.05, 3.63) is 106 Å². The van der Waals surface area contributed by atoms with Crippen molar-refractivity contribution in [1.82, 2.24) is 14.9 Å². The first-order chi connectivity index (χ1) is 20.3. The number of carboxylic acids is 1. The van der Waals surface area contributed by atoms with E-state index in [1.807, 2.05) is 53.4 Å². The van der Waals surface area contributed by atoms with E-state index in [-0.39, 0.29) is 22.4 Å². The maximum Gasteiger partial charge on any atom is 0.341 e. The smallest absolute Gasteiger partial charge is 0.341 e. The minimum Gasteiger partial charge on any atom is -0.493 e. The molecule has 0 aliphatic carbocycles. The van der Waals surface area contributed by atoms with Gasteiger partial charge >= 0.3 is 5.97 Å². The third-order valence-electron chi connectivity index (χ3n) is 7.66. The first-order valence-electron chi connectivity index (χ1n) is 13.5. The molecule has 9 nitrogen and oxygen atoms in total. The van der Waals surface area contributed by atoms with Gasteiger partial charge in [-0.1, -0.05) is 36.4 Å². The highest BCUT2D eigenvalue weighted by molar-refractivity contribution is 6.07. The number of nitrogens with one attached hydrogen (secondary N) is 1. The number of hydrogen-bond donors (Lipinski definition) is 2. The van der Waals surface area contributed by atoms with Crippen LogP contribution in [0.2, 0.25) is 0 Å². The van der Waals surface area contributed by atoms with E-state index >= 15 is 4.39 Å². The molecular formula is C32H29FN4O5. The number of pyridine rings is 2. The average Bonchev–Trinajstić information content (AvgIpc) is 3.01. The number of carboxylic acid groups (broad SMARTS) is 1. The summed E-state index contributed by atoms with van der Waals surface area (Å²) in [5, 5.41) is 13.4. The minimum atomic E-state index is -1.33. The van der Waals surface area contributed by atoms with Gasteiger partial charge in [0.25, 0.3) is 0 Å². The standard InChI is InChI=1S/C32H29FN4O5/c1-36-16-22(32(39)40)31(38)30-21-13-23(33)26(14-24(21)35-15-27(30)36)37-11-10-34-25(17-37)20-8-9-28(29(12-20)41-2)42-18-19-6-4-3-5-7-19/h3-9,12-16,25,34H,10-11,17-18H2,1-2H3,(H,39,40). The Morgan fingerprint density at radius 1 is 1.14 bits per heavy atom. The zero-order chi connectivity index (χ0) is 29.4. The molecule has 1 fully saturated rings. The molecule has 3 heterocycles. The van der Waals surface area contributed by atoms with E-state index < -0.39 is 17.2 Å². The highest BCUT2D eigenvalue weighted by atomic mass is 19.1. The fourth-order valence-corrected chi connectivity index (χ4v) is 5.50. The predicted octanol–water partition coefficient (Wildman–Crippen LogP) is 4.66. The van der Waals surface area contributed by atoms with Crippen molar-refractivity contribution in [2.75, 3.05) is 31.6 Å². The zero-order valence-electron chi connectivity index (χ0n) is 23.1. The molecule has 0 spiro atoms. The van der Waals surface area contributed by atoms with E-state index in [1.165, 1.54) is 23.0 Å². The largest absolute Gasteiger partial charge is 0.493 e. The number of nitrogens with zero attached hydrogens (tertiary/aromatic N) is 3. The van der Waals surface area contributed by atoms with Crippen molar-refractivity contribution >= 4 is 33.5 Å². The van der Waals surface area contributed by atoms with Crippen LogP contribution >= 0.6 is 0 Å². The molecule has 3 aromatic carbocycles. The van der Waals surface area contributed by atoms with Crippen molar-refractivity contribution < 1.29 is 23.8 Å². The van der Waals surface area contributed by atoms with Gasteiger partial charge in [-0.2, -0.15) is 0 Å². The van der Waals surface area contributed by atoms with Gasteiger partial charge in [-0.15, -0.1) is 0 Å². The molecule has 6 rings (SSSR count). The van der Waals surface area contributed by atoms with Gasteiger partial charge in [0.15, 0.2) is 11.5 Å². The van der Waals surface area contributed by atoms with Crippen LogP contribution in [0.4, 0.5) is 10.1 Å². The number of aromatic carboxylic acids is 1. The summed E-state index contributed by atoms with van der Waals surface area (Å²) in [5.74, 6) is -0.604. The lowest BCUT2D eigenvalue weighted by molar-refractivity contribution is 0.0695. The number of anilines is 1. The van der Waals surface area contributed by atoms with Crippen LogP contribution in [0, 0.1) is 5.82 Å². The summed E-state index contributed by atoms with van der Waals surface area (Å²) in [5.41, 5.74) is 2.19. The summed E-state index contributed by atoms with van der Waals surface area (Å²) in [6.07, 6.45) is 2.77. The van der Waals surface area contributed by atoms with Crippen LogP contribution in [-0.4, -0.2) is 47.4 Å². The van der Waals surface area contributed by atoms with Crippen molar-refractivity contribution in [3.63, 3.8) is 0 Å². The van der Waals surface area contributed by atoms with Crippen LogP contribution < -0.4 is 25.1 Å². The highest BCUT2D eigenvalue weighted by Crippen LogP contribution is 2.34. The number of aromatic nitrogens is 2. The second-order valence-corrected chi connectivity index (χ2v) is 10.3. The number of carbonyl (C=O) groups is 1. The maximum absolute atomic E-state index is 15.7. The summed E-state index contributed by atoms with van der Waals surface area (Å²) in [6, 6.07) is 18.5. The Morgan fingerprint density at radius 3 is 2.71 bits per heavy atom. The number of piperazine rings is 1. The second-order valence-electron chi connectivity index (χ2n) is 10.3. The molecule has 0 saturated carbocycles. The van der Waals surface area contributed by atoms with Crippen LogP contribution in [-0.2, 0) is 13.7 Å². The third kappa shape index (κ3) is 5.01. The van der Waals surface area contributed by atoms with Gasteiger partial charge in [0.2, 0.25) is 5.43 Å². The molecule has 214 valence electrons. The van der Waals surface area contributed by atoms with E-state index in [0.29, 0.717) is 54.5 Å². The van der Waals surface area contributed by atoms with Crippen molar-refractivity contribution in [3.8, 4) is 11.5 Å². The molecule has 1 aliphatic rings. The molecule has 0 amide bonds. The molecule has 1 aliphatic heterocycles. The Hall–Kier alpha value is -4.96. The quantitative estimate of drug-likeness (QED) is 0.273. The first-order valence-corrected chi connectivity index (χ1v) is 13.5. The minimum absolute atomic E-state index is 0.110. The summed E-state index contributed by atoms with van der Waals surface area (Å²) in [6.45, 7) is 2.08. The summed E-state index contributed by atoms with van der Waals surface area (Å²) < 4.78 is 28.8. The highest BCUT2D eigenvalue weighted by Gasteiger charge is 2.25. The van der Waals surface area contributed by atoms with E-state index in [9.17, 15) is 14.7 Å². The monoisotopic (exact) mass is 568 g/mol. The number of fused-ring (bicyclic) bond motifs is 3. The molecule has 10 heteroatoms. The van der Waals surface area contributed by atoms with Gasteiger partial charge < -0.3 is 29.4 Å². The van der Waals surface area contributed by atoms with Crippen molar-refractivity contribution in [2.45, 2.75) is 12.6 Å². The van der Waals surface area contributed by atoms with Gasteiger partial charge in [-0.3, -0.25) is 9.78 Å². The van der Waals surface area contributed by atoms with Crippen LogP contribution in [0.5, 0.6) is 11.5 Å². The number of halogens is 1. The van der Waals surface area contributed by atoms with Crippen LogP contribution in [0.25, 0.3) is 21.8 Å². The molecule has 2 N–H and O–H groups in total. The molecule has 0 bridgehead atoms. The number of methoxy groups -OCH3 is 1. The molecule has 2 aromatic heterocycles. The Balaban J connectivity index is 1.29. The molecule has 1 atom stereocenters. The van der Waals surface area contributed by atoms with Gasteiger partial charge in [-0.05, 0) is 35.4 Å². The Bertz CT molecular complexity index is 1880. The lowest BCUT2D eigenvalue weighted by Crippen LogP contribution is -2.46. The van der Waals surface area contributed by atoms with Crippen molar-refractivity contribution in [1.29, 1.82) is 0 Å². The number of aryl methyl sites for hydroxylation is 1. The maximum atomic E-state index is 15.7. The van der Waals surface area contributed by atoms with Crippen molar-refractivity contribution in [2.24, 2.45) is 7.05 Å². The van der Waals surface area contributed by atoms with E-state index in [1.54, 1.807) is 20.2 Å². The molecule has 0 radical (unpaired) electrons. The normalized spacial score (nSPS) is 15.2. The van der Waals surface area contributed by atoms with Gasteiger partial charge in [0.1, 0.15) is 18.0 Å². The lowest BCUT2D eigenvalue weighted by atomic mass is 10.0. The van der Waals surface area contributed by atoms with Gasteiger partial charge in [0, 0.05) is 44.3 Å². The summed E-state index contributed by atoms with van der Waals surface area (Å²) in [7, 11) is 3.23. The molecule has 1 saturated heterocycles. The third-order valence-corrected chi connectivity index (χ3v) is 7.66. The number of hydrogen-bond acceptors (Lipinski definition) is 7. The second kappa shape index (κ2) is 11.1. The average molecular weight is 569 g/mol. The number of ether oxygens (including phenoxy) is 2. The van der Waals surface area contributed by atoms with Gasteiger partial charge in [0.05, 0.1) is 35.4 Å². The molecular weight excluding hydrogens is 539 g/mol. The number of benzene rings is 3. The SMILES string of the molecule is COc1cc(C2CN(c3cc4ncc5c(c(=O)c(C(=O)O)cn5C)c4cc3F)CCN2)ccc1OCc1ccccc1. The van der Waals surface area contributed by atoms with Crippen LogP contribution in [0.15, 0.2) is 77.9 Å². The molecule has 42 heavy (non-hydrogen) atoms. The zero-order valence-corrected chi connectivity index (χ0v) is 23.1. The Labute approximate surface area is 240 Å². The Kier molecular flexibility index (Phi) is 7.22. The van der Waals surface area contributed by atoms with Crippen LogP contribution in [0.3, 0.4) is 0 Å². The number of rotatable bonds is 7. The van der Waals surface area contributed by atoms with Gasteiger partial charge in [-0.25, -0.2) is 9.18 Å². The van der Waals surface area contributed by atoms with E-state index in [4.69, 9.17) is 9.47 Å². The fraction of sp³-hybridized carbons (Fsp3) is 0.219. The molecule has 5 aromatic rings. The topological polar surface area (TPSA) is 106 Å². The molecule has 1 unspecified atom stereocenters. The summed E-state index contributed by atoms with van der Waals surface area (Å²) in [4.78, 5) is 31.1.